The zero-order valence-electron chi connectivity index (χ0n) is 11.2. The van der Waals surface area contributed by atoms with Crippen molar-refractivity contribution in [3.8, 4) is 5.75 Å². The first-order chi connectivity index (χ1) is 10.5. The monoisotopic (exact) mass is 444 g/mol. The topological polar surface area (TPSA) is 50.7 Å². The van der Waals surface area contributed by atoms with Crippen LogP contribution < -0.4 is 10.2 Å². The molecule has 1 amide bonds. The molecule has 0 atom stereocenters. The minimum atomic E-state index is -0.347. The lowest BCUT2D eigenvalue weighted by Gasteiger charge is -2.07. The number of hydrazone groups is 1. The van der Waals surface area contributed by atoms with E-state index in [1.54, 1.807) is 30.3 Å². The number of hydrogen-bond acceptors (Lipinski definition) is 3. The normalized spacial score (nSPS) is 10.7. The summed E-state index contributed by atoms with van der Waals surface area (Å²) in [6.45, 7) is -0.127. The van der Waals surface area contributed by atoms with Crippen molar-refractivity contribution >= 4 is 55.6 Å². The van der Waals surface area contributed by atoms with Gasteiger partial charge < -0.3 is 4.74 Å². The summed E-state index contributed by atoms with van der Waals surface area (Å²) < 4.78 is 7.08. The number of rotatable bonds is 5. The summed E-state index contributed by atoms with van der Waals surface area (Å²) in [6, 6.07) is 12.5. The fourth-order valence-corrected chi connectivity index (χ4v) is 2.78. The van der Waals surface area contributed by atoms with Crippen LogP contribution in [0.1, 0.15) is 5.56 Å². The van der Waals surface area contributed by atoms with Crippen molar-refractivity contribution in [3.05, 3.63) is 62.0 Å². The van der Waals surface area contributed by atoms with Gasteiger partial charge in [0.25, 0.3) is 5.91 Å². The third-order valence-corrected chi connectivity index (χ3v) is 3.89. The van der Waals surface area contributed by atoms with Crippen molar-refractivity contribution in [1.29, 1.82) is 0 Å². The summed E-state index contributed by atoms with van der Waals surface area (Å²) in [5, 5.41) is 4.50. The van der Waals surface area contributed by atoms with Crippen molar-refractivity contribution < 1.29 is 9.53 Å². The molecule has 0 heterocycles. The molecule has 2 rings (SSSR count). The number of nitrogens with zero attached hydrogens (tertiary/aromatic N) is 1. The van der Waals surface area contributed by atoms with E-state index in [0.29, 0.717) is 10.8 Å². The highest BCUT2D eigenvalue weighted by molar-refractivity contribution is 9.11. The maximum absolute atomic E-state index is 11.6. The maximum atomic E-state index is 11.6. The number of halogens is 3. The summed E-state index contributed by atoms with van der Waals surface area (Å²) in [7, 11) is 0. The molecular weight excluding hydrogens is 435 g/mol. The number of amides is 1. The number of nitrogens with one attached hydrogen (secondary N) is 1. The van der Waals surface area contributed by atoms with Crippen molar-refractivity contribution in [2.24, 2.45) is 5.10 Å². The van der Waals surface area contributed by atoms with Crippen LogP contribution in [0.5, 0.6) is 5.75 Å². The van der Waals surface area contributed by atoms with E-state index in [0.717, 1.165) is 14.5 Å². The van der Waals surface area contributed by atoms with Crippen LogP contribution in [0.25, 0.3) is 0 Å². The van der Waals surface area contributed by atoms with Gasteiger partial charge in [-0.3, -0.25) is 4.79 Å². The quantitative estimate of drug-likeness (QED) is 0.547. The number of benzene rings is 2. The number of ether oxygens (including phenoxy) is 1. The number of hydrogen-bond donors (Lipinski definition) is 1. The Bertz CT molecular complexity index is 690. The lowest BCUT2D eigenvalue weighted by Crippen LogP contribution is -2.24. The minimum Gasteiger partial charge on any atom is -0.483 e. The van der Waals surface area contributed by atoms with Gasteiger partial charge in [0.05, 0.1) is 10.7 Å². The fourth-order valence-electron chi connectivity index (χ4n) is 1.50. The zero-order valence-corrected chi connectivity index (χ0v) is 15.2. The molecule has 4 nitrogen and oxygen atoms in total. The van der Waals surface area contributed by atoms with Crippen molar-refractivity contribution in [2.45, 2.75) is 0 Å². The molecule has 0 saturated heterocycles. The SMILES string of the molecule is O=C(COc1ccc(Br)cc1Br)NN=Cc1ccc(Cl)cc1. The van der Waals surface area contributed by atoms with Gasteiger partial charge in [-0.05, 0) is 51.8 Å². The molecule has 0 bridgehead atoms. The second kappa shape index (κ2) is 8.31. The Balaban J connectivity index is 1.81. The Morgan fingerprint density at radius 2 is 1.95 bits per heavy atom. The molecule has 0 fully saturated rings. The summed E-state index contributed by atoms with van der Waals surface area (Å²) in [6.07, 6.45) is 1.53. The first-order valence-corrected chi connectivity index (χ1v) is 8.16. The van der Waals surface area contributed by atoms with E-state index in [4.69, 9.17) is 16.3 Å². The molecule has 0 saturated carbocycles. The van der Waals surface area contributed by atoms with E-state index >= 15 is 0 Å². The Morgan fingerprint density at radius 3 is 2.64 bits per heavy atom. The van der Waals surface area contributed by atoms with Crippen LogP contribution in [-0.4, -0.2) is 18.7 Å². The van der Waals surface area contributed by atoms with Crippen LogP contribution in [0, 0.1) is 0 Å². The van der Waals surface area contributed by atoms with Crippen LogP contribution in [-0.2, 0) is 4.79 Å². The molecular formula is C15H11Br2ClN2O2. The predicted octanol–water partition coefficient (Wildman–Crippen LogP) is 4.39. The largest absolute Gasteiger partial charge is 0.483 e. The van der Waals surface area contributed by atoms with E-state index in [1.807, 2.05) is 12.1 Å². The summed E-state index contributed by atoms with van der Waals surface area (Å²) in [4.78, 5) is 11.6. The van der Waals surface area contributed by atoms with Gasteiger partial charge in [-0.15, -0.1) is 0 Å². The van der Waals surface area contributed by atoms with Gasteiger partial charge in [0.15, 0.2) is 6.61 Å². The molecule has 0 unspecified atom stereocenters. The third kappa shape index (κ3) is 5.44. The second-order valence-corrected chi connectivity index (χ2v) is 6.41. The first-order valence-electron chi connectivity index (χ1n) is 6.20. The molecule has 0 spiro atoms. The zero-order chi connectivity index (χ0) is 15.9. The molecule has 0 aliphatic carbocycles. The Hall–Kier alpha value is -1.37. The van der Waals surface area contributed by atoms with Crippen molar-refractivity contribution in [1.82, 2.24) is 5.43 Å². The molecule has 0 aliphatic rings. The Morgan fingerprint density at radius 1 is 1.23 bits per heavy atom. The first kappa shape index (κ1) is 17.0. The van der Waals surface area contributed by atoms with Gasteiger partial charge in [0, 0.05) is 9.50 Å². The van der Waals surface area contributed by atoms with E-state index in [1.165, 1.54) is 6.21 Å². The van der Waals surface area contributed by atoms with Gasteiger partial charge in [-0.1, -0.05) is 39.7 Å². The van der Waals surface area contributed by atoms with Gasteiger partial charge in [0.1, 0.15) is 5.75 Å². The highest BCUT2D eigenvalue weighted by Crippen LogP contribution is 2.28. The number of carbonyl (C=O) groups excluding carboxylic acids is 1. The molecule has 114 valence electrons. The van der Waals surface area contributed by atoms with E-state index in [2.05, 4.69) is 42.4 Å². The molecule has 0 radical (unpaired) electrons. The van der Waals surface area contributed by atoms with Gasteiger partial charge in [0.2, 0.25) is 0 Å². The predicted molar refractivity (Wildman–Crippen MR) is 94.5 cm³/mol. The molecule has 2 aromatic carbocycles. The van der Waals surface area contributed by atoms with Crippen molar-refractivity contribution in [3.63, 3.8) is 0 Å². The summed E-state index contributed by atoms with van der Waals surface area (Å²) in [5.41, 5.74) is 3.23. The average molecular weight is 447 g/mol. The Kier molecular flexibility index (Phi) is 6.42. The highest BCUT2D eigenvalue weighted by Gasteiger charge is 2.05. The molecule has 7 heteroatoms. The van der Waals surface area contributed by atoms with E-state index < -0.39 is 0 Å². The van der Waals surface area contributed by atoms with E-state index in [-0.39, 0.29) is 12.5 Å². The van der Waals surface area contributed by atoms with Crippen LogP contribution in [0.3, 0.4) is 0 Å². The van der Waals surface area contributed by atoms with Crippen LogP contribution in [0.4, 0.5) is 0 Å². The average Bonchev–Trinajstić information content (AvgIpc) is 2.48. The van der Waals surface area contributed by atoms with Gasteiger partial charge in [-0.2, -0.15) is 5.10 Å². The number of carbonyl (C=O) groups is 1. The lowest BCUT2D eigenvalue weighted by molar-refractivity contribution is -0.123. The van der Waals surface area contributed by atoms with Crippen molar-refractivity contribution in [2.75, 3.05) is 6.61 Å². The van der Waals surface area contributed by atoms with E-state index in [9.17, 15) is 4.79 Å². The Labute approximate surface area is 149 Å². The molecule has 22 heavy (non-hydrogen) atoms. The highest BCUT2D eigenvalue weighted by atomic mass is 79.9. The van der Waals surface area contributed by atoms with Crippen LogP contribution in [0.2, 0.25) is 5.02 Å². The van der Waals surface area contributed by atoms with Crippen LogP contribution >= 0.6 is 43.5 Å². The second-order valence-electron chi connectivity index (χ2n) is 4.21. The molecule has 1 N–H and O–H groups in total. The smallest absolute Gasteiger partial charge is 0.277 e. The third-order valence-electron chi connectivity index (χ3n) is 2.53. The molecule has 0 aromatic heterocycles. The lowest BCUT2D eigenvalue weighted by atomic mass is 10.2. The fraction of sp³-hybridized carbons (Fsp3) is 0.0667. The van der Waals surface area contributed by atoms with Gasteiger partial charge >= 0.3 is 0 Å². The standard InChI is InChI=1S/C15H11Br2ClN2O2/c16-11-3-6-14(13(17)7-11)22-9-15(21)20-19-8-10-1-4-12(18)5-2-10/h1-8H,9H2,(H,20,21). The maximum Gasteiger partial charge on any atom is 0.277 e. The molecule has 0 aliphatic heterocycles. The molecule has 2 aromatic rings. The van der Waals surface area contributed by atoms with Crippen LogP contribution in [0.15, 0.2) is 56.5 Å². The minimum absolute atomic E-state index is 0.127. The summed E-state index contributed by atoms with van der Waals surface area (Å²) in [5.74, 6) is 0.236. The summed E-state index contributed by atoms with van der Waals surface area (Å²) >= 11 is 12.5. The van der Waals surface area contributed by atoms with Gasteiger partial charge in [-0.25, -0.2) is 5.43 Å².